The minimum atomic E-state index is -0.261. The maximum atomic E-state index is 9.70. The first-order chi connectivity index (χ1) is 14.5. The van der Waals surface area contributed by atoms with Crippen molar-refractivity contribution in [1.29, 1.82) is 0 Å². The Kier molecular flexibility index (Phi) is 4.51. The number of fused-ring (bicyclic) bond motifs is 1. The molecule has 1 atom stereocenters. The number of aliphatic hydroxyl groups excluding tert-OH is 1. The normalized spacial score (nSPS) is 15.5. The van der Waals surface area contributed by atoms with Gasteiger partial charge in [0.1, 0.15) is 28.9 Å². The van der Waals surface area contributed by atoms with Crippen molar-refractivity contribution >= 4 is 16.7 Å². The lowest BCUT2D eigenvalue weighted by atomic mass is 9.95. The van der Waals surface area contributed by atoms with Crippen molar-refractivity contribution in [2.24, 2.45) is 7.05 Å². The average Bonchev–Trinajstić information content (AvgIpc) is 3.31. The van der Waals surface area contributed by atoms with Gasteiger partial charge in [0.05, 0.1) is 11.8 Å². The topological polar surface area (TPSA) is 95.7 Å². The van der Waals surface area contributed by atoms with Gasteiger partial charge in [-0.2, -0.15) is 5.10 Å². The maximum Gasteiger partial charge on any atom is 0.133 e. The molecule has 0 aliphatic carbocycles. The summed E-state index contributed by atoms with van der Waals surface area (Å²) in [5.41, 5.74) is 6.89. The Hall–Kier alpha value is -3.26. The van der Waals surface area contributed by atoms with Crippen LogP contribution in [0.1, 0.15) is 29.9 Å². The Bertz CT molecular complexity index is 1210. The van der Waals surface area contributed by atoms with Crippen LogP contribution in [-0.2, 0) is 13.5 Å². The number of nitrogens with one attached hydrogen (secondary N) is 1. The third kappa shape index (κ3) is 3.23. The van der Waals surface area contributed by atoms with E-state index in [2.05, 4.69) is 62.6 Å². The van der Waals surface area contributed by atoms with Gasteiger partial charge < -0.3 is 14.6 Å². The number of aromatic nitrogens is 6. The van der Waals surface area contributed by atoms with Crippen LogP contribution in [0.3, 0.4) is 0 Å². The number of benzene rings is 1. The van der Waals surface area contributed by atoms with Crippen molar-refractivity contribution in [3.8, 4) is 11.3 Å². The van der Waals surface area contributed by atoms with E-state index in [0.29, 0.717) is 19.0 Å². The molecular formula is C22H25N7O. The summed E-state index contributed by atoms with van der Waals surface area (Å²) >= 11 is 0. The first-order valence-electron chi connectivity index (χ1n) is 10.2. The molecule has 1 aromatic carbocycles. The zero-order valence-corrected chi connectivity index (χ0v) is 17.4. The van der Waals surface area contributed by atoms with Crippen molar-refractivity contribution < 1.29 is 5.11 Å². The molecular weight excluding hydrogens is 378 g/mol. The molecule has 0 bridgehead atoms. The van der Waals surface area contributed by atoms with Crippen LogP contribution >= 0.6 is 0 Å². The van der Waals surface area contributed by atoms with Crippen molar-refractivity contribution in [2.75, 3.05) is 18.0 Å². The van der Waals surface area contributed by atoms with E-state index in [-0.39, 0.29) is 6.10 Å². The number of anilines is 1. The molecule has 1 aliphatic heterocycles. The van der Waals surface area contributed by atoms with E-state index in [4.69, 9.17) is 4.98 Å². The summed E-state index contributed by atoms with van der Waals surface area (Å²) in [6.45, 7) is 5.48. The van der Waals surface area contributed by atoms with E-state index < -0.39 is 0 Å². The molecule has 2 N–H and O–H groups in total. The van der Waals surface area contributed by atoms with Gasteiger partial charge in [0, 0.05) is 37.8 Å². The van der Waals surface area contributed by atoms with E-state index in [9.17, 15) is 5.11 Å². The summed E-state index contributed by atoms with van der Waals surface area (Å²) in [5, 5.41) is 25.7. The molecule has 5 rings (SSSR count). The Labute approximate surface area is 174 Å². The van der Waals surface area contributed by atoms with Crippen molar-refractivity contribution in [2.45, 2.75) is 32.3 Å². The van der Waals surface area contributed by atoms with Crippen LogP contribution in [0.15, 0.2) is 36.7 Å². The summed E-state index contributed by atoms with van der Waals surface area (Å²) in [6, 6.07) is 10.5. The minimum Gasteiger partial charge on any atom is -0.389 e. The molecule has 4 heterocycles. The highest BCUT2D eigenvalue weighted by Crippen LogP contribution is 2.34. The van der Waals surface area contributed by atoms with Gasteiger partial charge >= 0.3 is 0 Å². The lowest BCUT2D eigenvalue weighted by Crippen LogP contribution is -2.51. The Morgan fingerprint density at radius 2 is 2.10 bits per heavy atom. The Balaban J connectivity index is 1.50. The molecule has 4 aromatic rings. The fourth-order valence-corrected chi connectivity index (χ4v) is 4.08. The number of rotatable bonds is 5. The lowest BCUT2D eigenvalue weighted by molar-refractivity contribution is 0.142. The number of nitrogens with zero attached hydrogens (tertiary/aromatic N) is 6. The summed E-state index contributed by atoms with van der Waals surface area (Å²) in [7, 11) is 1.97. The predicted octanol–water partition coefficient (Wildman–Crippen LogP) is 2.59. The van der Waals surface area contributed by atoms with E-state index >= 15 is 0 Å². The number of aromatic amines is 1. The Morgan fingerprint density at radius 1 is 1.27 bits per heavy atom. The van der Waals surface area contributed by atoms with E-state index in [1.165, 1.54) is 5.56 Å². The molecule has 0 unspecified atom stereocenters. The van der Waals surface area contributed by atoms with E-state index in [1.807, 2.05) is 18.5 Å². The van der Waals surface area contributed by atoms with Crippen LogP contribution in [-0.4, -0.2) is 54.2 Å². The summed E-state index contributed by atoms with van der Waals surface area (Å²) in [6.07, 6.45) is 2.29. The average molecular weight is 403 g/mol. The zero-order chi connectivity index (χ0) is 20.8. The molecule has 0 saturated carbocycles. The van der Waals surface area contributed by atoms with Gasteiger partial charge in [-0.3, -0.25) is 5.10 Å². The highest BCUT2D eigenvalue weighted by molar-refractivity contribution is 5.97. The molecule has 1 aliphatic rings. The second-order valence-corrected chi connectivity index (χ2v) is 8.23. The molecule has 30 heavy (non-hydrogen) atoms. The smallest absolute Gasteiger partial charge is 0.133 e. The van der Waals surface area contributed by atoms with Gasteiger partial charge in [0.15, 0.2) is 0 Å². The number of aryl methyl sites for hydroxylation is 2. The largest absolute Gasteiger partial charge is 0.389 e. The maximum absolute atomic E-state index is 9.70. The van der Waals surface area contributed by atoms with Crippen LogP contribution < -0.4 is 4.90 Å². The first kappa shape index (κ1) is 18.7. The number of hydrogen-bond donors (Lipinski definition) is 2. The first-order valence-corrected chi connectivity index (χ1v) is 10.2. The lowest BCUT2D eigenvalue weighted by Gasteiger charge is -2.38. The molecule has 1 fully saturated rings. The molecule has 3 aromatic heterocycles. The van der Waals surface area contributed by atoms with E-state index in [1.54, 1.807) is 6.33 Å². The van der Waals surface area contributed by atoms with Gasteiger partial charge in [-0.1, -0.05) is 25.1 Å². The second-order valence-electron chi connectivity index (χ2n) is 8.23. The van der Waals surface area contributed by atoms with Gasteiger partial charge in [0.2, 0.25) is 0 Å². The van der Waals surface area contributed by atoms with Gasteiger partial charge in [-0.05, 0) is 30.5 Å². The summed E-state index contributed by atoms with van der Waals surface area (Å²) < 4.78 is 1.96. The monoisotopic (exact) mass is 403 g/mol. The zero-order valence-electron chi connectivity index (χ0n) is 17.4. The standard InChI is InChI=1S/C22H25N7O/c1-13(7-19-25-23-12-28(19)3)15-5-4-6-16(9-15)20-22-21(27-26-20)18(8-14(2)24-22)29-10-17(30)11-29/h4-6,8-9,12-13,17,30H,7,10-11H2,1-3H3,(H,26,27)/t13-/m1/s1. The number of pyridine rings is 1. The third-order valence-corrected chi connectivity index (χ3v) is 5.86. The molecule has 0 amide bonds. The number of aliphatic hydroxyl groups is 1. The van der Waals surface area contributed by atoms with Crippen molar-refractivity contribution in [3.05, 3.63) is 53.7 Å². The SMILES string of the molecule is Cc1cc(N2CC(O)C2)c2[nH]nc(-c3cccc([C@H](C)Cc4nncn4C)c3)c2n1. The molecule has 8 heteroatoms. The Morgan fingerprint density at radius 3 is 2.83 bits per heavy atom. The highest BCUT2D eigenvalue weighted by Gasteiger charge is 2.27. The molecule has 0 radical (unpaired) electrons. The molecule has 1 saturated heterocycles. The molecule has 8 nitrogen and oxygen atoms in total. The van der Waals surface area contributed by atoms with Crippen LogP contribution in [0.4, 0.5) is 5.69 Å². The quantitative estimate of drug-likeness (QED) is 0.532. The number of β-amino-alcohol motifs (C(OH)–C–C–N with tert-alkyl or cyclic N) is 1. The van der Waals surface area contributed by atoms with Gasteiger partial charge in [-0.15, -0.1) is 10.2 Å². The van der Waals surface area contributed by atoms with Gasteiger partial charge in [-0.25, -0.2) is 4.98 Å². The number of hydrogen-bond acceptors (Lipinski definition) is 6. The van der Waals surface area contributed by atoms with Crippen LogP contribution in [0.5, 0.6) is 0 Å². The van der Waals surface area contributed by atoms with Crippen molar-refractivity contribution in [3.63, 3.8) is 0 Å². The highest BCUT2D eigenvalue weighted by atomic mass is 16.3. The van der Waals surface area contributed by atoms with E-state index in [0.717, 1.165) is 45.9 Å². The molecule has 0 spiro atoms. The minimum absolute atomic E-state index is 0.261. The number of H-pyrrole nitrogens is 1. The van der Waals surface area contributed by atoms with Crippen LogP contribution in [0.25, 0.3) is 22.3 Å². The summed E-state index contributed by atoms with van der Waals surface area (Å²) in [4.78, 5) is 6.93. The van der Waals surface area contributed by atoms with Crippen LogP contribution in [0.2, 0.25) is 0 Å². The fourth-order valence-electron chi connectivity index (χ4n) is 4.08. The van der Waals surface area contributed by atoms with Crippen LogP contribution in [0, 0.1) is 6.92 Å². The fraction of sp³-hybridized carbons (Fsp3) is 0.364. The predicted molar refractivity (Wildman–Crippen MR) is 115 cm³/mol. The second kappa shape index (κ2) is 7.21. The summed E-state index contributed by atoms with van der Waals surface area (Å²) in [5.74, 6) is 1.27. The van der Waals surface area contributed by atoms with Crippen molar-refractivity contribution in [1.82, 2.24) is 29.9 Å². The molecule has 154 valence electrons. The third-order valence-electron chi connectivity index (χ3n) is 5.86. The van der Waals surface area contributed by atoms with Gasteiger partial charge in [0.25, 0.3) is 0 Å².